The Morgan fingerprint density at radius 1 is 1.29 bits per heavy atom. The van der Waals surface area contributed by atoms with Crippen molar-refractivity contribution >= 4 is 0 Å². The fourth-order valence-electron chi connectivity index (χ4n) is 1.69. The topological polar surface area (TPSA) is 9.23 Å². The molecular weight excluding hydrogens is 172 g/mol. The summed E-state index contributed by atoms with van der Waals surface area (Å²) in [5, 5.41) is 0. The molecule has 75 valence electrons. The molecule has 1 nitrogen and oxygen atoms in total. The maximum atomic E-state index is 5.63. The van der Waals surface area contributed by atoms with E-state index in [0.717, 1.165) is 25.6 Å². The molecule has 0 heterocycles. The van der Waals surface area contributed by atoms with E-state index in [1.54, 1.807) is 0 Å². The highest BCUT2D eigenvalue weighted by atomic mass is 16.5. The first-order valence-corrected chi connectivity index (χ1v) is 5.48. The van der Waals surface area contributed by atoms with Gasteiger partial charge >= 0.3 is 0 Å². The van der Waals surface area contributed by atoms with Crippen molar-refractivity contribution in [3.63, 3.8) is 0 Å². The van der Waals surface area contributed by atoms with Crippen LogP contribution in [0.2, 0.25) is 0 Å². The molecule has 0 N–H and O–H groups in total. The number of ether oxygens (including phenoxy) is 1. The summed E-state index contributed by atoms with van der Waals surface area (Å²) in [5.41, 5.74) is 1.34. The summed E-state index contributed by atoms with van der Waals surface area (Å²) in [4.78, 5) is 0. The minimum absolute atomic E-state index is 0.860. The summed E-state index contributed by atoms with van der Waals surface area (Å²) in [6.07, 6.45) is 5.19. The molecule has 0 aliphatic heterocycles. The van der Waals surface area contributed by atoms with Crippen LogP contribution in [0, 0.1) is 12.0 Å². The molecule has 2 rings (SSSR count). The van der Waals surface area contributed by atoms with Crippen molar-refractivity contribution in [1.82, 2.24) is 0 Å². The predicted octanol–water partition coefficient (Wildman–Crippen LogP) is 2.85. The lowest BCUT2D eigenvalue weighted by molar-refractivity contribution is 0.0722. The molecule has 1 heteroatoms. The fourth-order valence-corrected chi connectivity index (χ4v) is 1.69. The molecule has 0 spiro atoms. The second-order valence-corrected chi connectivity index (χ2v) is 4.03. The molecule has 1 fully saturated rings. The molecule has 1 aromatic carbocycles. The van der Waals surface area contributed by atoms with Gasteiger partial charge in [0.1, 0.15) is 0 Å². The fraction of sp³-hybridized carbons (Fsp3) is 0.538. The quantitative estimate of drug-likeness (QED) is 0.647. The first-order valence-electron chi connectivity index (χ1n) is 5.48. The Labute approximate surface area is 86.1 Å². The molecule has 1 aliphatic carbocycles. The molecule has 1 aliphatic rings. The average Bonchev–Trinajstić information content (AvgIpc) is 2.16. The van der Waals surface area contributed by atoms with Crippen LogP contribution in [0.4, 0.5) is 0 Å². The Morgan fingerprint density at radius 2 is 2.07 bits per heavy atom. The second-order valence-electron chi connectivity index (χ2n) is 4.03. The van der Waals surface area contributed by atoms with Gasteiger partial charge in [-0.2, -0.15) is 0 Å². The lowest BCUT2D eigenvalue weighted by Gasteiger charge is -2.24. The van der Waals surface area contributed by atoms with Crippen LogP contribution in [0.15, 0.2) is 24.3 Å². The zero-order valence-corrected chi connectivity index (χ0v) is 8.54. The zero-order chi connectivity index (χ0) is 9.64. The molecule has 0 atom stereocenters. The van der Waals surface area contributed by atoms with E-state index in [9.17, 15) is 0 Å². The van der Waals surface area contributed by atoms with Crippen molar-refractivity contribution in [2.75, 3.05) is 13.2 Å². The first kappa shape index (κ1) is 9.72. The predicted molar refractivity (Wildman–Crippen MR) is 57.1 cm³/mol. The minimum atomic E-state index is 0.860. The van der Waals surface area contributed by atoms with E-state index in [-0.39, 0.29) is 0 Å². The second kappa shape index (κ2) is 5.16. The number of rotatable bonds is 5. The zero-order valence-electron chi connectivity index (χ0n) is 8.54. The highest BCUT2D eigenvalue weighted by molar-refractivity contribution is 5.13. The van der Waals surface area contributed by atoms with Gasteiger partial charge in [-0.05, 0) is 36.8 Å². The Bertz CT molecular complexity index is 251. The van der Waals surface area contributed by atoms with Crippen LogP contribution in [0.3, 0.4) is 0 Å². The van der Waals surface area contributed by atoms with Crippen LogP contribution in [0.25, 0.3) is 0 Å². The van der Waals surface area contributed by atoms with E-state index in [2.05, 4.69) is 18.2 Å². The lowest BCUT2D eigenvalue weighted by Crippen LogP contribution is -2.18. The Kier molecular flexibility index (Phi) is 3.58. The van der Waals surface area contributed by atoms with E-state index in [0.29, 0.717) is 0 Å². The molecule has 1 saturated carbocycles. The SMILES string of the molecule is [c]1ccc(CCOCC2CCC2)cc1. The molecule has 1 aromatic rings. The van der Waals surface area contributed by atoms with Crippen LogP contribution >= 0.6 is 0 Å². The summed E-state index contributed by atoms with van der Waals surface area (Å²) in [6, 6.07) is 11.1. The normalized spacial score (nSPS) is 16.6. The average molecular weight is 189 g/mol. The van der Waals surface area contributed by atoms with Gasteiger partial charge in [0.2, 0.25) is 0 Å². The molecule has 1 radical (unpaired) electrons. The van der Waals surface area contributed by atoms with Gasteiger partial charge in [-0.15, -0.1) is 0 Å². The number of hydrogen-bond donors (Lipinski definition) is 0. The third-order valence-corrected chi connectivity index (χ3v) is 2.90. The number of benzene rings is 1. The Morgan fingerprint density at radius 3 is 2.71 bits per heavy atom. The third kappa shape index (κ3) is 2.85. The van der Waals surface area contributed by atoms with Gasteiger partial charge in [-0.3, -0.25) is 0 Å². The van der Waals surface area contributed by atoms with Crippen LogP contribution in [-0.4, -0.2) is 13.2 Å². The van der Waals surface area contributed by atoms with E-state index in [4.69, 9.17) is 4.74 Å². The van der Waals surface area contributed by atoms with Crippen molar-refractivity contribution in [2.45, 2.75) is 25.7 Å². The minimum Gasteiger partial charge on any atom is -0.381 e. The van der Waals surface area contributed by atoms with E-state index in [1.807, 2.05) is 12.1 Å². The van der Waals surface area contributed by atoms with Crippen LogP contribution < -0.4 is 0 Å². The summed E-state index contributed by atoms with van der Waals surface area (Å²) >= 11 is 0. The molecular formula is C13H17O. The first-order chi connectivity index (χ1) is 6.95. The molecule has 0 bridgehead atoms. The molecule has 0 unspecified atom stereocenters. The van der Waals surface area contributed by atoms with Crippen molar-refractivity contribution in [1.29, 1.82) is 0 Å². The van der Waals surface area contributed by atoms with Gasteiger partial charge in [0, 0.05) is 6.61 Å². The van der Waals surface area contributed by atoms with Gasteiger partial charge in [-0.25, -0.2) is 0 Å². The highest BCUT2D eigenvalue weighted by Gasteiger charge is 2.16. The van der Waals surface area contributed by atoms with Gasteiger partial charge in [0.05, 0.1) is 6.61 Å². The smallest absolute Gasteiger partial charge is 0.0506 e. The lowest BCUT2D eigenvalue weighted by atomic mass is 9.86. The van der Waals surface area contributed by atoms with E-state index >= 15 is 0 Å². The van der Waals surface area contributed by atoms with Crippen molar-refractivity contribution in [3.8, 4) is 0 Å². The molecule has 0 saturated heterocycles. The molecule has 0 aromatic heterocycles. The summed E-state index contributed by atoms with van der Waals surface area (Å²) in [5.74, 6) is 0.860. The highest BCUT2D eigenvalue weighted by Crippen LogP contribution is 2.26. The van der Waals surface area contributed by atoms with Gasteiger partial charge in [0.25, 0.3) is 0 Å². The monoisotopic (exact) mass is 189 g/mol. The standard InChI is InChI=1S/C13H17O/c1-2-5-12(6-3-1)9-10-14-11-13-7-4-8-13/h2-3,5-6,13H,4,7-11H2. The summed E-state index contributed by atoms with van der Waals surface area (Å²) < 4.78 is 5.63. The van der Waals surface area contributed by atoms with Gasteiger partial charge in [0.15, 0.2) is 0 Å². The Hall–Kier alpha value is -0.820. The largest absolute Gasteiger partial charge is 0.381 e. The van der Waals surface area contributed by atoms with Crippen molar-refractivity contribution < 1.29 is 4.74 Å². The number of hydrogen-bond acceptors (Lipinski definition) is 1. The summed E-state index contributed by atoms with van der Waals surface area (Å²) in [7, 11) is 0. The van der Waals surface area contributed by atoms with Crippen LogP contribution in [0.1, 0.15) is 24.8 Å². The maximum absolute atomic E-state index is 5.63. The Balaban J connectivity index is 1.58. The third-order valence-electron chi connectivity index (χ3n) is 2.90. The van der Waals surface area contributed by atoms with Crippen LogP contribution in [0.5, 0.6) is 0 Å². The van der Waals surface area contributed by atoms with E-state index in [1.165, 1.54) is 24.8 Å². The van der Waals surface area contributed by atoms with E-state index < -0.39 is 0 Å². The van der Waals surface area contributed by atoms with Crippen LogP contribution in [-0.2, 0) is 11.2 Å². The maximum Gasteiger partial charge on any atom is 0.0506 e. The molecule has 14 heavy (non-hydrogen) atoms. The van der Waals surface area contributed by atoms with Crippen molar-refractivity contribution in [3.05, 3.63) is 35.9 Å². The molecule has 0 amide bonds. The summed E-state index contributed by atoms with van der Waals surface area (Å²) in [6.45, 7) is 1.83. The van der Waals surface area contributed by atoms with Gasteiger partial charge < -0.3 is 4.74 Å². The van der Waals surface area contributed by atoms with Gasteiger partial charge in [-0.1, -0.05) is 30.7 Å². The van der Waals surface area contributed by atoms with Crippen molar-refractivity contribution in [2.24, 2.45) is 5.92 Å².